The van der Waals surface area contributed by atoms with Crippen LogP contribution in [-0.4, -0.2) is 46.0 Å². The maximum Gasteiger partial charge on any atom is 0.255 e. The molecule has 1 N–H and O–H groups in total. The summed E-state index contributed by atoms with van der Waals surface area (Å²) in [4.78, 5) is 19.4. The molecule has 1 saturated heterocycles. The third kappa shape index (κ3) is 4.86. The van der Waals surface area contributed by atoms with E-state index in [1.807, 2.05) is 30.2 Å². The van der Waals surface area contributed by atoms with E-state index < -0.39 is 0 Å². The Hall–Kier alpha value is -1.08. The van der Waals surface area contributed by atoms with Gasteiger partial charge in [-0.05, 0) is 58.1 Å². The molecule has 2 aromatic rings. The number of likely N-dealkylation sites (tertiary alicyclic amines) is 1. The average Bonchev–Trinajstić information content (AvgIpc) is 3.21. The predicted molar refractivity (Wildman–Crippen MR) is 115 cm³/mol. The second kappa shape index (κ2) is 9.41. The normalized spacial score (nSPS) is 17.3. The summed E-state index contributed by atoms with van der Waals surface area (Å²) in [5.74, 6) is 1.08. The highest BCUT2D eigenvalue weighted by Gasteiger charge is 2.28. The molecule has 8 heteroatoms. The van der Waals surface area contributed by atoms with E-state index in [1.165, 1.54) is 12.8 Å². The lowest BCUT2D eigenvalue weighted by Gasteiger charge is -2.32. The minimum atomic E-state index is 0. The van der Waals surface area contributed by atoms with E-state index in [0.717, 1.165) is 60.5 Å². The highest BCUT2D eigenvalue weighted by Crippen LogP contribution is 2.28. The Bertz CT molecular complexity index is 750. The maximum absolute atomic E-state index is 13.0. The van der Waals surface area contributed by atoms with E-state index in [4.69, 9.17) is 0 Å². The monoisotopic (exact) mass is 430 g/mol. The number of halogens is 2. The second-order valence-corrected chi connectivity index (χ2v) is 8.23. The molecule has 1 aliphatic heterocycles. The fourth-order valence-corrected chi connectivity index (χ4v) is 4.46. The molecule has 4 rings (SSSR count). The zero-order valence-electron chi connectivity index (χ0n) is 15.8. The van der Waals surface area contributed by atoms with Crippen molar-refractivity contribution >= 4 is 42.1 Å². The first kappa shape index (κ1) is 22.2. The SMILES string of the molecule is Cc1cc(C(=O)N2CCC(NCC3CC3)CC2)c(C)n1-c1nccs1.Cl.Cl. The second-order valence-electron chi connectivity index (χ2n) is 7.35. The van der Waals surface area contributed by atoms with Gasteiger partial charge in [-0.3, -0.25) is 9.36 Å². The number of nitrogens with one attached hydrogen (secondary N) is 1. The highest BCUT2D eigenvalue weighted by molar-refractivity contribution is 7.12. The van der Waals surface area contributed by atoms with Crippen LogP contribution in [0.3, 0.4) is 0 Å². The van der Waals surface area contributed by atoms with Gasteiger partial charge >= 0.3 is 0 Å². The van der Waals surface area contributed by atoms with Crippen LogP contribution in [0.15, 0.2) is 17.6 Å². The molecule has 0 unspecified atom stereocenters. The average molecular weight is 431 g/mol. The van der Waals surface area contributed by atoms with E-state index in [2.05, 4.69) is 14.9 Å². The molecular weight excluding hydrogens is 403 g/mol. The molecule has 5 nitrogen and oxygen atoms in total. The molecule has 0 aromatic carbocycles. The molecular formula is C19H28Cl2N4OS. The zero-order valence-corrected chi connectivity index (χ0v) is 18.3. The lowest BCUT2D eigenvalue weighted by molar-refractivity contribution is 0.0704. The number of nitrogens with zero attached hydrogens (tertiary/aromatic N) is 3. The Balaban J connectivity index is 0.00000131. The smallest absolute Gasteiger partial charge is 0.255 e. The predicted octanol–water partition coefficient (Wildman–Crippen LogP) is 4.00. The first-order valence-corrected chi connectivity index (χ1v) is 10.1. The molecule has 2 aliphatic rings. The van der Waals surface area contributed by atoms with Crippen LogP contribution in [0.2, 0.25) is 0 Å². The molecule has 0 bridgehead atoms. The fourth-order valence-electron chi connectivity index (χ4n) is 3.71. The number of amides is 1. The number of carbonyl (C=O) groups is 1. The standard InChI is InChI=1S/C19H26N4OS.2ClH/c1-13-11-17(14(2)23(13)19-20-7-10-25-19)18(24)22-8-5-16(6-9-22)21-12-15-3-4-15;;/h7,10-11,15-16,21H,3-6,8-9,12H2,1-2H3;2*1H. The summed E-state index contributed by atoms with van der Waals surface area (Å²) in [6, 6.07) is 2.59. The van der Waals surface area contributed by atoms with E-state index in [9.17, 15) is 4.79 Å². The molecule has 1 amide bonds. The molecule has 0 radical (unpaired) electrons. The van der Waals surface area contributed by atoms with Crippen molar-refractivity contribution in [3.8, 4) is 5.13 Å². The first-order valence-electron chi connectivity index (χ1n) is 9.25. The highest BCUT2D eigenvalue weighted by atomic mass is 35.5. The Morgan fingerprint density at radius 3 is 2.52 bits per heavy atom. The number of carbonyl (C=O) groups excluding carboxylic acids is 1. The van der Waals surface area contributed by atoms with Crippen LogP contribution in [0.1, 0.15) is 47.4 Å². The Labute approximate surface area is 177 Å². The number of hydrogen-bond donors (Lipinski definition) is 1. The molecule has 150 valence electrons. The lowest BCUT2D eigenvalue weighted by atomic mass is 10.0. The van der Waals surface area contributed by atoms with Crippen LogP contribution < -0.4 is 5.32 Å². The van der Waals surface area contributed by atoms with Crippen molar-refractivity contribution in [3.63, 3.8) is 0 Å². The minimum absolute atomic E-state index is 0. The summed E-state index contributed by atoms with van der Waals surface area (Å²) in [6.07, 6.45) is 6.70. The van der Waals surface area contributed by atoms with Gasteiger partial charge in [0.25, 0.3) is 5.91 Å². The van der Waals surface area contributed by atoms with Crippen LogP contribution >= 0.6 is 36.2 Å². The number of thiazole rings is 1. The molecule has 0 atom stereocenters. The largest absolute Gasteiger partial charge is 0.338 e. The Morgan fingerprint density at radius 1 is 1.22 bits per heavy atom. The van der Waals surface area contributed by atoms with Crippen molar-refractivity contribution < 1.29 is 4.79 Å². The van der Waals surface area contributed by atoms with Gasteiger partial charge in [0.05, 0.1) is 5.56 Å². The van der Waals surface area contributed by atoms with Crippen LogP contribution in [-0.2, 0) is 0 Å². The number of aryl methyl sites for hydroxylation is 1. The van der Waals surface area contributed by atoms with Gasteiger partial charge in [-0.1, -0.05) is 0 Å². The summed E-state index contributed by atoms with van der Waals surface area (Å²) in [6.45, 7) is 6.92. The number of rotatable bonds is 5. The van der Waals surface area contributed by atoms with Gasteiger partial charge in [0.2, 0.25) is 0 Å². The number of hydrogen-bond acceptors (Lipinski definition) is 4. The molecule has 3 heterocycles. The van der Waals surface area contributed by atoms with Crippen LogP contribution in [0.5, 0.6) is 0 Å². The molecule has 27 heavy (non-hydrogen) atoms. The number of piperidine rings is 1. The Morgan fingerprint density at radius 2 is 1.93 bits per heavy atom. The minimum Gasteiger partial charge on any atom is -0.338 e. The van der Waals surface area contributed by atoms with Gasteiger partial charge < -0.3 is 10.2 Å². The summed E-state index contributed by atoms with van der Waals surface area (Å²) in [5, 5.41) is 6.57. The molecule has 1 saturated carbocycles. The summed E-state index contributed by atoms with van der Waals surface area (Å²) in [7, 11) is 0. The van der Waals surface area contributed by atoms with Gasteiger partial charge in [0, 0.05) is 42.1 Å². The quantitative estimate of drug-likeness (QED) is 0.779. The van der Waals surface area contributed by atoms with Crippen LogP contribution in [0.4, 0.5) is 0 Å². The van der Waals surface area contributed by atoms with Gasteiger partial charge in [-0.15, -0.1) is 36.2 Å². The molecule has 0 spiro atoms. The van der Waals surface area contributed by atoms with Crippen molar-refractivity contribution in [2.45, 2.75) is 45.6 Å². The van der Waals surface area contributed by atoms with E-state index in [1.54, 1.807) is 17.5 Å². The summed E-state index contributed by atoms with van der Waals surface area (Å²) >= 11 is 1.60. The number of aromatic nitrogens is 2. The van der Waals surface area contributed by atoms with E-state index in [0.29, 0.717) is 6.04 Å². The van der Waals surface area contributed by atoms with Crippen molar-refractivity contribution in [2.24, 2.45) is 5.92 Å². The van der Waals surface area contributed by atoms with Gasteiger partial charge in [0.1, 0.15) is 0 Å². The van der Waals surface area contributed by atoms with Crippen LogP contribution in [0.25, 0.3) is 5.13 Å². The molecule has 2 fully saturated rings. The van der Waals surface area contributed by atoms with Crippen LogP contribution in [0, 0.1) is 19.8 Å². The molecule has 2 aromatic heterocycles. The van der Waals surface area contributed by atoms with Crippen molar-refractivity contribution in [1.82, 2.24) is 19.8 Å². The van der Waals surface area contributed by atoms with Gasteiger partial charge in [-0.25, -0.2) is 4.98 Å². The first-order chi connectivity index (χ1) is 12.1. The third-order valence-electron chi connectivity index (χ3n) is 5.45. The van der Waals surface area contributed by atoms with E-state index >= 15 is 0 Å². The van der Waals surface area contributed by atoms with Crippen molar-refractivity contribution in [3.05, 3.63) is 34.6 Å². The topological polar surface area (TPSA) is 50.2 Å². The maximum atomic E-state index is 13.0. The van der Waals surface area contributed by atoms with Crippen molar-refractivity contribution in [1.29, 1.82) is 0 Å². The molecule has 1 aliphatic carbocycles. The summed E-state index contributed by atoms with van der Waals surface area (Å²) < 4.78 is 2.09. The van der Waals surface area contributed by atoms with E-state index in [-0.39, 0.29) is 30.7 Å². The van der Waals surface area contributed by atoms with Crippen molar-refractivity contribution in [2.75, 3.05) is 19.6 Å². The Kier molecular flexibility index (Phi) is 7.74. The van der Waals surface area contributed by atoms with Gasteiger partial charge in [0.15, 0.2) is 5.13 Å². The lowest BCUT2D eigenvalue weighted by Crippen LogP contribution is -2.45. The zero-order chi connectivity index (χ0) is 17.4. The fraction of sp³-hybridized carbons (Fsp3) is 0.579. The summed E-state index contributed by atoms with van der Waals surface area (Å²) in [5.41, 5.74) is 2.88. The third-order valence-corrected chi connectivity index (χ3v) is 6.20. The van der Waals surface area contributed by atoms with Gasteiger partial charge in [-0.2, -0.15) is 0 Å².